The first-order valence-electron chi connectivity index (χ1n) is 14.9. The lowest BCUT2D eigenvalue weighted by atomic mass is 9.60. The summed E-state index contributed by atoms with van der Waals surface area (Å²) >= 11 is 6.25. The molecule has 2 atom stereocenters. The number of halogens is 2. The Kier molecular flexibility index (Phi) is 7.95. The minimum Gasteiger partial charge on any atom is -0.493 e. The fraction of sp³-hybridized carbons (Fsp3) is 0.471. The molecule has 3 aromatic rings. The fourth-order valence-corrected chi connectivity index (χ4v) is 7.91. The molecule has 2 aromatic carbocycles. The molecule has 1 saturated carbocycles. The first-order chi connectivity index (χ1) is 19.9. The number of aromatic nitrogens is 1. The van der Waals surface area contributed by atoms with Crippen molar-refractivity contribution in [3.05, 3.63) is 88.2 Å². The SMILES string of the molecule is COC(=O)C1(Nc2cccc(Cl)c2)CCC2(CC1)c1ccccc1CC2CCCOc1ccnc2c1CCCC2F. The van der Waals surface area contributed by atoms with Crippen molar-refractivity contribution in [1.82, 2.24) is 4.98 Å². The normalized spacial score (nSPS) is 26.7. The van der Waals surface area contributed by atoms with Crippen molar-refractivity contribution in [2.24, 2.45) is 5.92 Å². The number of esters is 1. The fourth-order valence-electron chi connectivity index (χ4n) is 7.71. The Morgan fingerprint density at radius 3 is 2.76 bits per heavy atom. The molecule has 5 nitrogen and oxygen atoms in total. The third-order valence-electron chi connectivity index (χ3n) is 9.76. The Labute approximate surface area is 246 Å². The van der Waals surface area contributed by atoms with Gasteiger partial charge in [-0.3, -0.25) is 4.98 Å². The van der Waals surface area contributed by atoms with Crippen LogP contribution in [0.3, 0.4) is 0 Å². The van der Waals surface area contributed by atoms with E-state index in [0.717, 1.165) is 61.9 Å². The van der Waals surface area contributed by atoms with Crippen LogP contribution in [0.5, 0.6) is 5.75 Å². The summed E-state index contributed by atoms with van der Waals surface area (Å²) in [6, 6.07) is 18.2. The first kappa shape index (κ1) is 28.0. The summed E-state index contributed by atoms with van der Waals surface area (Å²) in [5.74, 6) is 1.03. The van der Waals surface area contributed by atoms with E-state index in [9.17, 15) is 9.18 Å². The number of anilines is 1. The van der Waals surface area contributed by atoms with E-state index in [2.05, 4.69) is 34.6 Å². The zero-order valence-corrected chi connectivity index (χ0v) is 24.4. The van der Waals surface area contributed by atoms with E-state index < -0.39 is 11.7 Å². The first-order valence-corrected chi connectivity index (χ1v) is 15.3. The lowest BCUT2D eigenvalue weighted by molar-refractivity contribution is -0.148. The molecule has 216 valence electrons. The molecule has 1 spiro atoms. The average molecular weight is 577 g/mol. The van der Waals surface area contributed by atoms with Gasteiger partial charge in [0.2, 0.25) is 0 Å². The molecule has 6 rings (SSSR count). The third-order valence-corrected chi connectivity index (χ3v) is 10.00. The summed E-state index contributed by atoms with van der Waals surface area (Å²) < 4.78 is 26.0. The molecule has 2 unspecified atom stereocenters. The van der Waals surface area contributed by atoms with Crippen LogP contribution in [0.2, 0.25) is 5.02 Å². The number of rotatable bonds is 8. The zero-order chi connectivity index (χ0) is 28.5. The largest absolute Gasteiger partial charge is 0.493 e. The van der Waals surface area contributed by atoms with Gasteiger partial charge in [0.15, 0.2) is 0 Å². The number of pyridine rings is 1. The number of carbonyl (C=O) groups excluding carboxylic acids is 1. The number of ether oxygens (including phenoxy) is 2. The summed E-state index contributed by atoms with van der Waals surface area (Å²) in [5, 5.41) is 4.15. The second-order valence-corrected chi connectivity index (χ2v) is 12.4. The smallest absolute Gasteiger partial charge is 0.331 e. The van der Waals surface area contributed by atoms with E-state index in [0.29, 0.717) is 42.5 Å². The molecule has 1 fully saturated rings. The van der Waals surface area contributed by atoms with Crippen molar-refractivity contribution in [3.8, 4) is 5.75 Å². The number of hydrogen-bond donors (Lipinski definition) is 1. The molecular formula is C34H38ClFN2O3. The highest BCUT2D eigenvalue weighted by molar-refractivity contribution is 6.30. The monoisotopic (exact) mass is 576 g/mol. The lowest BCUT2D eigenvalue weighted by Gasteiger charge is -2.47. The standard InChI is InChI=1S/C34H38ClFN2O3/c1-40-32(39)34(38-26-10-4-9-25(35)22-26)17-15-33(16-18-34)24(21-23-7-2-3-12-28(23)33)8-6-20-41-30-14-19-37-31-27(30)11-5-13-29(31)36/h2-4,7,9-10,12,14,19,22,24,29,38H,5-6,8,11,13,15-18,20-21H2,1H3. The maximum absolute atomic E-state index is 14.4. The maximum atomic E-state index is 14.4. The second-order valence-electron chi connectivity index (χ2n) is 11.9. The Morgan fingerprint density at radius 2 is 1.95 bits per heavy atom. The number of methoxy groups -OCH3 is 1. The quantitative estimate of drug-likeness (QED) is 0.218. The van der Waals surface area contributed by atoms with Gasteiger partial charge in [-0.15, -0.1) is 0 Å². The summed E-state index contributed by atoms with van der Waals surface area (Å²) in [7, 11) is 1.47. The number of hydrogen-bond acceptors (Lipinski definition) is 5. The summed E-state index contributed by atoms with van der Waals surface area (Å²) in [6.07, 6.45) is 9.02. The molecular weight excluding hydrogens is 539 g/mol. The van der Waals surface area contributed by atoms with Crippen LogP contribution in [0.25, 0.3) is 0 Å². The van der Waals surface area contributed by atoms with Gasteiger partial charge in [-0.2, -0.15) is 0 Å². The van der Waals surface area contributed by atoms with Gasteiger partial charge in [0.25, 0.3) is 0 Å². The number of carbonyl (C=O) groups is 1. The predicted octanol–water partition coefficient (Wildman–Crippen LogP) is 7.95. The van der Waals surface area contributed by atoms with Crippen LogP contribution in [-0.4, -0.2) is 30.2 Å². The summed E-state index contributed by atoms with van der Waals surface area (Å²) in [5.41, 5.74) is 4.41. The Bertz CT molecular complexity index is 1400. The van der Waals surface area contributed by atoms with Crippen molar-refractivity contribution in [1.29, 1.82) is 0 Å². The number of nitrogens with zero attached hydrogens (tertiary/aromatic N) is 1. The van der Waals surface area contributed by atoms with Crippen molar-refractivity contribution in [2.75, 3.05) is 19.0 Å². The van der Waals surface area contributed by atoms with Crippen LogP contribution >= 0.6 is 11.6 Å². The van der Waals surface area contributed by atoms with Crippen LogP contribution in [0, 0.1) is 5.92 Å². The minimum atomic E-state index is -0.990. The van der Waals surface area contributed by atoms with Crippen molar-refractivity contribution >= 4 is 23.3 Å². The van der Waals surface area contributed by atoms with Crippen LogP contribution in [0.1, 0.15) is 79.9 Å². The molecule has 0 saturated heterocycles. The third kappa shape index (κ3) is 5.31. The van der Waals surface area contributed by atoms with Crippen LogP contribution in [-0.2, 0) is 27.8 Å². The van der Waals surface area contributed by atoms with E-state index in [-0.39, 0.29) is 11.4 Å². The number of fused-ring (bicyclic) bond motifs is 3. The van der Waals surface area contributed by atoms with Crippen LogP contribution < -0.4 is 10.1 Å². The molecule has 3 aliphatic carbocycles. The zero-order valence-electron chi connectivity index (χ0n) is 23.6. The highest BCUT2D eigenvalue weighted by Crippen LogP contribution is 2.56. The molecule has 1 aromatic heterocycles. The van der Waals surface area contributed by atoms with Gasteiger partial charge in [0.05, 0.1) is 19.4 Å². The van der Waals surface area contributed by atoms with Gasteiger partial charge in [-0.25, -0.2) is 9.18 Å². The number of alkyl halides is 1. The maximum Gasteiger partial charge on any atom is 0.331 e. The van der Waals surface area contributed by atoms with Gasteiger partial charge in [0, 0.05) is 22.5 Å². The predicted molar refractivity (Wildman–Crippen MR) is 159 cm³/mol. The Hall–Kier alpha value is -3.12. The van der Waals surface area contributed by atoms with E-state index >= 15 is 0 Å². The lowest BCUT2D eigenvalue weighted by Crippen LogP contribution is -2.53. The second kappa shape index (κ2) is 11.6. The molecule has 3 aliphatic rings. The van der Waals surface area contributed by atoms with E-state index in [1.165, 1.54) is 18.2 Å². The molecule has 0 amide bonds. The number of nitrogens with one attached hydrogen (secondary N) is 1. The number of benzene rings is 2. The van der Waals surface area contributed by atoms with Crippen LogP contribution in [0.4, 0.5) is 10.1 Å². The van der Waals surface area contributed by atoms with Crippen molar-refractivity contribution < 1.29 is 18.7 Å². The van der Waals surface area contributed by atoms with Gasteiger partial charge in [0.1, 0.15) is 17.5 Å². The molecule has 0 bridgehead atoms. The van der Waals surface area contributed by atoms with E-state index in [4.69, 9.17) is 21.1 Å². The van der Waals surface area contributed by atoms with E-state index in [1.807, 2.05) is 30.3 Å². The molecule has 0 radical (unpaired) electrons. The average Bonchev–Trinajstić information content (AvgIpc) is 3.29. The van der Waals surface area contributed by atoms with Crippen molar-refractivity contribution in [2.45, 2.75) is 81.3 Å². The van der Waals surface area contributed by atoms with Gasteiger partial charge in [-0.05, 0) is 111 Å². The Balaban J connectivity index is 1.17. The molecule has 1 N–H and O–H groups in total. The van der Waals surface area contributed by atoms with Crippen LogP contribution in [0.15, 0.2) is 60.8 Å². The molecule has 41 heavy (non-hydrogen) atoms. The summed E-state index contributed by atoms with van der Waals surface area (Å²) in [6.45, 7) is 0.596. The van der Waals surface area contributed by atoms with E-state index in [1.54, 1.807) is 6.20 Å². The topological polar surface area (TPSA) is 60.5 Å². The molecule has 1 heterocycles. The molecule has 7 heteroatoms. The highest BCUT2D eigenvalue weighted by Gasteiger charge is 2.54. The minimum absolute atomic E-state index is 0.0153. The Morgan fingerprint density at radius 1 is 1.12 bits per heavy atom. The van der Waals surface area contributed by atoms with Gasteiger partial charge in [-0.1, -0.05) is 41.9 Å². The van der Waals surface area contributed by atoms with Crippen molar-refractivity contribution in [3.63, 3.8) is 0 Å². The summed E-state index contributed by atoms with van der Waals surface area (Å²) in [4.78, 5) is 17.5. The molecule has 0 aliphatic heterocycles. The highest BCUT2D eigenvalue weighted by atomic mass is 35.5. The van der Waals surface area contributed by atoms with Gasteiger partial charge < -0.3 is 14.8 Å². The van der Waals surface area contributed by atoms with Gasteiger partial charge >= 0.3 is 5.97 Å².